The highest BCUT2D eigenvalue weighted by Crippen LogP contribution is 2.18. The van der Waals surface area contributed by atoms with E-state index in [-0.39, 0.29) is 29.8 Å². The molecule has 0 fully saturated rings. The average molecular weight is 298 g/mol. The number of fused-ring (bicyclic) bond motifs is 1. The molecule has 2 aromatic rings. The minimum absolute atomic E-state index is 0.0601. The predicted octanol–water partition coefficient (Wildman–Crippen LogP) is 1.56. The van der Waals surface area contributed by atoms with E-state index in [0.29, 0.717) is 12.8 Å². The maximum atomic E-state index is 12.8. The zero-order chi connectivity index (χ0) is 15.4. The number of alkyl halides is 2. The number of amides is 1. The van der Waals surface area contributed by atoms with Gasteiger partial charge in [0.05, 0.1) is 5.56 Å². The minimum atomic E-state index is -2.76. The predicted molar refractivity (Wildman–Crippen MR) is 71.2 cm³/mol. The molecule has 0 saturated carbocycles. The largest absolute Gasteiger partial charge is 0.396 e. The normalized spacial score (nSPS) is 12.8. The first kappa shape index (κ1) is 15.3. The van der Waals surface area contributed by atoms with Crippen LogP contribution in [0.4, 0.5) is 8.78 Å². The van der Waals surface area contributed by atoms with Gasteiger partial charge >= 0.3 is 0 Å². The Labute approximate surface area is 119 Å². The summed E-state index contributed by atoms with van der Waals surface area (Å²) in [6.45, 7) is 1.88. The Balaban J connectivity index is 2.18. The number of rotatable bonds is 6. The first-order valence-electron chi connectivity index (χ1n) is 6.57. The maximum Gasteiger partial charge on any atom is 0.297 e. The number of nitrogens with zero attached hydrogens (tertiary/aromatic N) is 3. The molecule has 6 nitrogen and oxygen atoms in total. The number of aliphatic hydroxyl groups excluding tert-OH is 1. The van der Waals surface area contributed by atoms with E-state index in [1.165, 1.54) is 18.3 Å². The fraction of sp³-hybridized carbons (Fsp3) is 0.462. The van der Waals surface area contributed by atoms with Crippen molar-refractivity contribution in [3.8, 4) is 0 Å². The highest BCUT2D eigenvalue weighted by Gasteiger charge is 2.17. The van der Waals surface area contributed by atoms with Gasteiger partial charge in [-0.1, -0.05) is 0 Å². The van der Waals surface area contributed by atoms with Gasteiger partial charge in [0, 0.05) is 18.8 Å². The Bertz CT molecular complexity index is 630. The van der Waals surface area contributed by atoms with E-state index in [1.54, 1.807) is 0 Å². The summed E-state index contributed by atoms with van der Waals surface area (Å²) in [5.41, 5.74) is 0.509. The molecular formula is C13H16F2N4O2. The number of carbonyl (C=O) groups is 1. The summed E-state index contributed by atoms with van der Waals surface area (Å²) in [5.74, 6) is -0.857. The summed E-state index contributed by atoms with van der Waals surface area (Å²) >= 11 is 0. The lowest BCUT2D eigenvalue weighted by molar-refractivity contribution is 0.0935. The molecule has 0 aliphatic rings. The van der Waals surface area contributed by atoms with Crippen molar-refractivity contribution < 1.29 is 18.7 Å². The second kappa shape index (κ2) is 6.57. The van der Waals surface area contributed by atoms with Crippen molar-refractivity contribution in [2.75, 3.05) is 6.61 Å². The molecule has 0 aromatic carbocycles. The Morgan fingerprint density at radius 2 is 2.19 bits per heavy atom. The monoisotopic (exact) mass is 298 g/mol. The van der Waals surface area contributed by atoms with Crippen LogP contribution in [0.3, 0.4) is 0 Å². The highest BCUT2D eigenvalue weighted by molar-refractivity contribution is 5.94. The van der Waals surface area contributed by atoms with Crippen molar-refractivity contribution in [1.82, 2.24) is 19.9 Å². The van der Waals surface area contributed by atoms with Crippen LogP contribution < -0.4 is 5.32 Å². The number of halogens is 2. The van der Waals surface area contributed by atoms with Crippen molar-refractivity contribution in [3.63, 3.8) is 0 Å². The first-order chi connectivity index (χ1) is 10.0. The van der Waals surface area contributed by atoms with Crippen molar-refractivity contribution in [1.29, 1.82) is 0 Å². The third-order valence-electron chi connectivity index (χ3n) is 3.06. The standard InChI is InChI=1S/C13H16F2N4O2/c1-8(3-2-6-20)16-13(21)9-4-5-10-17-18-12(11(14)15)19(10)7-9/h4-5,7-8,11,20H,2-3,6H2,1H3,(H,16,21). The SMILES string of the molecule is CC(CCCO)NC(=O)c1ccc2nnc(C(F)F)n2c1. The fourth-order valence-electron chi connectivity index (χ4n) is 1.97. The van der Waals surface area contributed by atoms with Gasteiger partial charge < -0.3 is 10.4 Å². The zero-order valence-electron chi connectivity index (χ0n) is 11.5. The van der Waals surface area contributed by atoms with Gasteiger partial charge in [-0.15, -0.1) is 10.2 Å². The molecule has 2 N–H and O–H groups in total. The van der Waals surface area contributed by atoms with Crippen molar-refractivity contribution in [2.24, 2.45) is 0 Å². The summed E-state index contributed by atoms with van der Waals surface area (Å²) in [4.78, 5) is 12.0. The van der Waals surface area contributed by atoms with Gasteiger partial charge in [-0.05, 0) is 31.9 Å². The lowest BCUT2D eigenvalue weighted by atomic mass is 10.1. The van der Waals surface area contributed by atoms with E-state index < -0.39 is 12.2 Å². The molecule has 2 heterocycles. The second-order valence-electron chi connectivity index (χ2n) is 4.75. The van der Waals surface area contributed by atoms with Crippen LogP contribution in [-0.2, 0) is 0 Å². The van der Waals surface area contributed by atoms with Gasteiger partial charge in [0.15, 0.2) is 5.65 Å². The lowest BCUT2D eigenvalue weighted by Gasteiger charge is -2.13. The van der Waals surface area contributed by atoms with Crippen LogP contribution in [-0.4, -0.2) is 38.3 Å². The summed E-state index contributed by atoms with van der Waals surface area (Å²) in [6.07, 6.45) is -0.243. The molecule has 1 atom stereocenters. The van der Waals surface area contributed by atoms with E-state index in [1.807, 2.05) is 6.92 Å². The number of aliphatic hydroxyl groups is 1. The van der Waals surface area contributed by atoms with E-state index in [4.69, 9.17) is 5.11 Å². The molecule has 21 heavy (non-hydrogen) atoms. The van der Waals surface area contributed by atoms with Crippen LogP contribution in [0.2, 0.25) is 0 Å². The molecule has 0 spiro atoms. The Kier molecular flexibility index (Phi) is 4.79. The quantitative estimate of drug-likeness (QED) is 0.848. The van der Waals surface area contributed by atoms with Crippen LogP contribution in [0, 0.1) is 0 Å². The topological polar surface area (TPSA) is 79.5 Å². The summed E-state index contributed by atoms with van der Waals surface area (Å²) in [7, 11) is 0. The van der Waals surface area contributed by atoms with E-state index >= 15 is 0 Å². The maximum absolute atomic E-state index is 12.8. The molecular weight excluding hydrogens is 282 g/mol. The number of hydrogen-bond donors (Lipinski definition) is 2. The Morgan fingerprint density at radius 3 is 2.86 bits per heavy atom. The third kappa shape index (κ3) is 3.52. The number of carbonyl (C=O) groups excluding carboxylic acids is 1. The van der Waals surface area contributed by atoms with Gasteiger partial charge in [0.25, 0.3) is 12.3 Å². The summed E-state index contributed by atoms with van der Waals surface area (Å²) in [5, 5.41) is 18.5. The van der Waals surface area contributed by atoms with Crippen LogP contribution in [0.1, 0.15) is 42.4 Å². The van der Waals surface area contributed by atoms with Gasteiger partial charge in [0.2, 0.25) is 5.82 Å². The van der Waals surface area contributed by atoms with Gasteiger partial charge in [0.1, 0.15) is 0 Å². The van der Waals surface area contributed by atoms with Gasteiger partial charge in [-0.3, -0.25) is 9.20 Å². The average Bonchev–Trinajstić information content (AvgIpc) is 2.88. The summed E-state index contributed by atoms with van der Waals surface area (Å²) < 4.78 is 26.6. The van der Waals surface area contributed by atoms with Crippen LogP contribution in [0.5, 0.6) is 0 Å². The second-order valence-corrected chi connectivity index (χ2v) is 4.75. The molecule has 0 bridgehead atoms. The van der Waals surface area contributed by atoms with Crippen molar-refractivity contribution >= 4 is 11.6 Å². The molecule has 0 saturated heterocycles. The zero-order valence-corrected chi connectivity index (χ0v) is 11.5. The Hall–Kier alpha value is -2.09. The molecule has 114 valence electrons. The van der Waals surface area contributed by atoms with E-state index in [2.05, 4.69) is 15.5 Å². The number of aromatic nitrogens is 3. The number of nitrogens with one attached hydrogen (secondary N) is 1. The van der Waals surface area contributed by atoms with Crippen molar-refractivity contribution in [3.05, 3.63) is 29.7 Å². The van der Waals surface area contributed by atoms with Crippen LogP contribution in [0.25, 0.3) is 5.65 Å². The number of pyridine rings is 1. The highest BCUT2D eigenvalue weighted by atomic mass is 19.3. The Morgan fingerprint density at radius 1 is 1.43 bits per heavy atom. The molecule has 1 unspecified atom stereocenters. The third-order valence-corrected chi connectivity index (χ3v) is 3.06. The van der Waals surface area contributed by atoms with Gasteiger partial charge in [-0.25, -0.2) is 8.78 Å². The number of hydrogen-bond acceptors (Lipinski definition) is 4. The molecule has 0 aliphatic heterocycles. The molecule has 0 aliphatic carbocycles. The molecule has 8 heteroatoms. The van der Waals surface area contributed by atoms with Crippen LogP contribution in [0.15, 0.2) is 18.3 Å². The smallest absolute Gasteiger partial charge is 0.297 e. The van der Waals surface area contributed by atoms with E-state index in [0.717, 1.165) is 4.40 Å². The van der Waals surface area contributed by atoms with Crippen LogP contribution >= 0.6 is 0 Å². The van der Waals surface area contributed by atoms with Crippen molar-refractivity contribution in [2.45, 2.75) is 32.2 Å². The molecule has 2 rings (SSSR count). The lowest BCUT2D eigenvalue weighted by Crippen LogP contribution is -2.32. The molecule has 2 aromatic heterocycles. The fourth-order valence-corrected chi connectivity index (χ4v) is 1.97. The van der Waals surface area contributed by atoms with Gasteiger partial charge in [-0.2, -0.15) is 0 Å². The van der Waals surface area contributed by atoms with E-state index in [9.17, 15) is 13.6 Å². The first-order valence-corrected chi connectivity index (χ1v) is 6.57. The minimum Gasteiger partial charge on any atom is -0.396 e. The summed E-state index contributed by atoms with van der Waals surface area (Å²) in [6, 6.07) is 2.86. The molecule has 1 amide bonds. The molecule has 0 radical (unpaired) electrons.